The van der Waals surface area contributed by atoms with Crippen molar-refractivity contribution >= 4 is 23.5 Å². The molecule has 1 aliphatic carbocycles. The van der Waals surface area contributed by atoms with Crippen molar-refractivity contribution in [3.05, 3.63) is 54.1 Å². The van der Waals surface area contributed by atoms with Gasteiger partial charge in [-0.2, -0.15) is 47.3 Å². The summed E-state index contributed by atoms with van der Waals surface area (Å²) in [5.41, 5.74) is 1.42. The summed E-state index contributed by atoms with van der Waals surface area (Å²) < 4.78 is 5.64. The van der Waals surface area contributed by atoms with Gasteiger partial charge in [0.1, 0.15) is 0 Å². The van der Waals surface area contributed by atoms with Gasteiger partial charge >= 0.3 is 0 Å². The molecule has 0 fully saturated rings. The molecule has 0 atom stereocenters. The Hall–Kier alpha value is -0.510. The second kappa shape index (κ2) is 9.40. The van der Waals surface area contributed by atoms with Crippen LogP contribution < -0.4 is 0 Å². The fourth-order valence-corrected chi connectivity index (χ4v) is 3.55. The molecule has 0 spiro atoms. The highest BCUT2D eigenvalue weighted by molar-refractivity contribution is 7.99. The monoisotopic (exact) mass is 293 g/mol. The van der Waals surface area contributed by atoms with Crippen LogP contribution >= 0.6 is 23.5 Å². The second-order valence-electron chi connectivity index (χ2n) is 4.47. The van der Waals surface area contributed by atoms with Gasteiger partial charge < -0.3 is 4.74 Å². The lowest BCUT2D eigenvalue weighted by atomic mass is 10.2. The first kappa shape index (κ1) is 14.9. The van der Waals surface area contributed by atoms with Crippen molar-refractivity contribution in [1.82, 2.24) is 0 Å². The van der Waals surface area contributed by atoms with Crippen LogP contribution in [-0.2, 0) is 10.5 Å². The third-order valence-corrected chi connectivity index (χ3v) is 4.95. The molecule has 0 unspecified atom stereocenters. The van der Waals surface area contributed by atoms with E-state index in [2.05, 4.69) is 48.6 Å². The SMILES string of the molecule is C1=CC(CSCCOCCSCc2cc[cH-]c2)C=C1. The summed E-state index contributed by atoms with van der Waals surface area (Å²) in [7, 11) is 0. The molecule has 0 saturated carbocycles. The van der Waals surface area contributed by atoms with E-state index in [9.17, 15) is 0 Å². The summed E-state index contributed by atoms with van der Waals surface area (Å²) in [5.74, 6) is 5.12. The standard InChI is InChI=1S/C16H21OS2/c1-2-6-15(5-1)13-18-11-9-17-10-12-19-14-16-7-3-4-8-16/h1-8,15H,9-14H2/q-1. The molecule has 104 valence electrons. The van der Waals surface area contributed by atoms with Crippen molar-refractivity contribution in [3.8, 4) is 0 Å². The number of thioether (sulfide) groups is 2. The van der Waals surface area contributed by atoms with Crippen molar-refractivity contribution in [3.63, 3.8) is 0 Å². The lowest BCUT2D eigenvalue weighted by molar-refractivity contribution is 0.167. The Morgan fingerprint density at radius 3 is 2.63 bits per heavy atom. The molecule has 1 nitrogen and oxygen atoms in total. The van der Waals surface area contributed by atoms with E-state index in [4.69, 9.17) is 4.74 Å². The molecule has 0 heterocycles. The van der Waals surface area contributed by atoms with E-state index in [-0.39, 0.29) is 0 Å². The van der Waals surface area contributed by atoms with Gasteiger partial charge in [0.25, 0.3) is 0 Å². The highest BCUT2D eigenvalue weighted by atomic mass is 32.2. The molecule has 0 aromatic heterocycles. The van der Waals surface area contributed by atoms with Gasteiger partial charge in [-0.15, -0.1) is 0 Å². The fraction of sp³-hybridized carbons (Fsp3) is 0.438. The molecule has 0 bridgehead atoms. The van der Waals surface area contributed by atoms with Gasteiger partial charge in [0, 0.05) is 23.2 Å². The molecule has 0 aliphatic heterocycles. The molecular formula is C16H21OS2-. The normalized spacial score (nSPS) is 14.5. The van der Waals surface area contributed by atoms with E-state index in [1.807, 2.05) is 23.5 Å². The van der Waals surface area contributed by atoms with E-state index in [0.29, 0.717) is 5.92 Å². The lowest BCUT2D eigenvalue weighted by Gasteiger charge is -2.07. The highest BCUT2D eigenvalue weighted by Gasteiger charge is 2.02. The van der Waals surface area contributed by atoms with Crippen LogP contribution in [0.5, 0.6) is 0 Å². The minimum atomic E-state index is 0.644. The van der Waals surface area contributed by atoms with Crippen LogP contribution in [0.3, 0.4) is 0 Å². The summed E-state index contributed by atoms with van der Waals surface area (Å²) in [4.78, 5) is 0. The molecule has 1 aromatic carbocycles. The zero-order valence-electron chi connectivity index (χ0n) is 11.2. The highest BCUT2D eigenvalue weighted by Crippen LogP contribution is 2.15. The Kier molecular flexibility index (Phi) is 7.37. The maximum atomic E-state index is 5.64. The summed E-state index contributed by atoms with van der Waals surface area (Å²) >= 11 is 3.92. The summed E-state index contributed by atoms with van der Waals surface area (Å²) in [6.07, 6.45) is 8.78. The molecule has 0 N–H and O–H groups in total. The van der Waals surface area contributed by atoms with Crippen LogP contribution in [0.1, 0.15) is 5.56 Å². The van der Waals surface area contributed by atoms with Crippen LogP contribution in [0.25, 0.3) is 0 Å². The van der Waals surface area contributed by atoms with E-state index in [1.54, 1.807) is 0 Å². The van der Waals surface area contributed by atoms with Gasteiger partial charge in [-0.1, -0.05) is 24.3 Å². The number of allylic oxidation sites excluding steroid dienone is 4. The van der Waals surface area contributed by atoms with Crippen molar-refractivity contribution in [2.24, 2.45) is 5.92 Å². The van der Waals surface area contributed by atoms with Gasteiger partial charge in [-0.25, -0.2) is 6.07 Å². The molecule has 2 rings (SSSR count). The Balaban J connectivity index is 1.34. The van der Waals surface area contributed by atoms with Gasteiger partial charge in [0.2, 0.25) is 0 Å². The minimum absolute atomic E-state index is 0.644. The first-order valence-electron chi connectivity index (χ1n) is 6.74. The molecule has 3 heteroatoms. The van der Waals surface area contributed by atoms with Crippen LogP contribution in [0.2, 0.25) is 0 Å². The van der Waals surface area contributed by atoms with Gasteiger partial charge in [0.15, 0.2) is 0 Å². The molecule has 1 aliphatic rings. The number of rotatable bonds is 10. The third-order valence-electron chi connectivity index (χ3n) is 2.88. The van der Waals surface area contributed by atoms with E-state index < -0.39 is 0 Å². The average Bonchev–Trinajstić information content (AvgIpc) is 3.10. The molecule has 0 amide bonds. The number of ether oxygens (including phenoxy) is 1. The van der Waals surface area contributed by atoms with Crippen LogP contribution in [0, 0.1) is 5.92 Å². The summed E-state index contributed by atoms with van der Waals surface area (Å²) in [6, 6.07) is 8.55. The smallest absolute Gasteiger partial charge is 0.0557 e. The van der Waals surface area contributed by atoms with Crippen LogP contribution in [0.15, 0.2) is 48.6 Å². The second-order valence-corrected chi connectivity index (χ2v) is 6.72. The molecule has 19 heavy (non-hydrogen) atoms. The van der Waals surface area contributed by atoms with Crippen LogP contribution in [-0.4, -0.2) is 30.5 Å². The minimum Gasteiger partial charge on any atom is -0.380 e. The summed E-state index contributed by atoms with van der Waals surface area (Å²) in [6.45, 7) is 1.75. The number of hydrogen-bond donors (Lipinski definition) is 0. The van der Waals surface area contributed by atoms with Gasteiger partial charge in [0.05, 0.1) is 13.2 Å². The van der Waals surface area contributed by atoms with Crippen molar-refractivity contribution in [1.29, 1.82) is 0 Å². The first-order valence-corrected chi connectivity index (χ1v) is 9.05. The molecule has 0 radical (unpaired) electrons. The topological polar surface area (TPSA) is 9.23 Å². The zero-order chi connectivity index (χ0) is 13.2. The molecule has 0 saturated heterocycles. The lowest BCUT2D eigenvalue weighted by Crippen LogP contribution is -2.03. The van der Waals surface area contributed by atoms with Crippen molar-refractivity contribution < 1.29 is 4.74 Å². The maximum Gasteiger partial charge on any atom is 0.0557 e. The van der Waals surface area contributed by atoms with Crippen LogP contribution in [0.4, 0.5) is 0 Å². The zero-order valence-corrected chi connectivity index (χ0v) is 12.8. The number of hydrogen-bond acceptors (Lipinski definition) is 3. The molecule has 1 aromatic rings. The Labute approximate surface area is 124 Å². The maximum absolute atomic E-state index is 5.64. The molecular weight excluding hydrogens is 272 g/mol. The predicted molar refractivity (Wildman–Crippen MR) is 88.1 cm³/mol. The first-order chi connectivity index (χ1) is 9.45. The van der Waals surface area contributed by atoms with Crippen molar-refractivity contribution in [2.75, 3.05) is 30.5 Å². The Morgan fingerprint density at radius 1 is 1.11 bits per heavy atom. The third kappa shape index (κ3) is 6.46. The Bertz CT molecular complexity index is 369. The van der Waals surface area contributed by atoms with E-state index >= 15 is 0 Å². The van der Waals surface area contributed by atoms with Gasteiger partial charge in [-0.3, -0.25) is 0 Å². The summed E-state index contributed by atoms with van der Waals surface area (Å²) in [5, 5.41) is 0. The van der Waals surface area contributed by atoms with Crippen molar-refractivity contribution in [2.45, 2.75) is 5.75 Å². The van der Waals surface area contributed by atoms with E-state index in [0.717, 1.165) is 30.5 Å². The fourth-order valence-electron chi connectivity index (χ4n) is 1.85. The van der Waals surface area contributed by atoms with E-state index in [1.165, 1.54) is 11.3 Å². The van der Waals surface area contributed by atoms with Gasteiger partial charge in [-0.05, 0) is 5.75 Å². The Morgan fingerprint density at radius 2 is 1.89 bits per heavy atom. The predicted octanol–water partition coefficient (Wildman–Crippen LogP) is 4.13. The quantitative estimate of drug-likeness (QED) is 0.474. The largest absolute Gasteiger partial charge is 0.380 e. The average molecular weight is 293 g/mol.